The first kappa shape index (κ1) is 14.7. The Morgan fingerprint density at radius 2 is 1.72 bits per heavy atom. The van der Waals surface area contributed by atoms with Crippen molar-refractivity contribution in [1.29, 1.82) is 0 Å². The van der Waals surface area contributed by atoms with Crippen LogP contribution in [-0.2, 0) is 0 Å². The van der Waals surface area contributed by atoms with Crippen molar-refractivity contribution in [3.63, 3.8) is 0 Å². The Balaban J connectivity index is 3.09. The third-order valence-corrected chi connectivity index (χ3v) is 2.84. The van der Waals surface area contributed by atoms with E-state index in [0.29, 0.717) is 0 Å². The lowest BCUT2D eigenvalue weighted by Crippen LogP contribution is -2.39. The largest absolute Gasteiger partial charge is 0.360 e. The van der Waals surface area contributed by atoms with Crippen LogP contribution in [-0.4, -0.2) is 23.8 Å². The van der Waals surface area contributed by atoms with Gasteiger partial charge in [0.25, 0.3) is 0 Å². The molecular formula is C16H26N2. The van der Waals surface area contributed by atoms with Crippen molar-refractivity contribution < 1.29 is 0 Å². The first-order valence-corrected chi connectivity index (χ1v) is 6.88. The van der Waals surface area contributed by atoms with Gasteiger partial charge in [-0.05, 0) is 25.5 Å². The van der Waals surface area contributed by atoms with E-state index in [-0.39, 0.29) is 5.41 Å². The molecule has 2 heteroatoms. The normalized spacial score (nSPS) is 12.6. The summed E-state index contributed by atoms with van der Waals surface area (Å²) >= 11 is 0. The fourth-order valence-electron chi connectivity index (χ4n) is 2.02. The van der Waals surface area contributed by atoms with Crippen LogP contribution in [0, 0.1) is 5.41 Å². The van der Waals surface area contributed by atoms with Gasteiger partial charge in [-0.15, -0.1) is 0 Å². The Bertz CT molecular complexity index is 374. The standard InChI is InChI=1S/C16H26N2/c1-6-13-18(7-2)15(16(3,4)5)17-14-11-9-8-10-12-14/h8-12H,6-7,13H2,1-5H3. The quantitative estimate of drug-likeness (QED) is 0.564. The van der Waals surface area contributed by atoms with Gasteiger partial charge >= 0.3 is 0 Å². The summed E-state index contributed by atoms with van der Waals surface area (Å²) < 4.78 is 0. The van der Waals surface area contributed by atoms with Gasteiger partial charge in [0.1, 0.15) is 5.84 Å². The maximum Gasteiger partial charge on any atom is 0.110 e. The van der Waals surface area contributed by atoms with Gasteiger partial charge < -0.3 is 4.90 Å². The smallest absolute Gasteiger partial charge is 0.110 e. The fraction of sp³-hybridized carbons (Fsp3) is 0.562. The molecule has 0 radical (unpaired) electrons. The van der Waals surface area contributed by atoms with Crippen molar-refractivity contribution in [3.05, 3.63) is 30.3 Å². The Hall–Kier alpha value is -1.31. The second-order valence-electron chi connectivity index (χ2n) is 5.60. The molecule has 0 aliphatic carbocycles. The van der Waals surface area contributed by atoms with E-state index in [0.717, 1.165) is 25.2 Å². The first-order valence-electron chi connectivity index (χ1n) is 6.88. The number of benzene rings is 1. The predicted molar refractivity (Wildman–Crippen MR) is 80.5 cm³/mol. The SMILES string of the molecule is CCCN(CC)C(=Nc1ccccc1)C(C)(C)C. The summed E-state index contributed by atoms with van der Waals surface area (Å²) in [5.41, 5.74) is 1.11. The van der Waals surface area contributed by atoms with Crippen LogP contribution in [0.1, 0.15) is 41.0 Å². The lowest BCUT2D eigenvalue weighted by Gasteiger charge is -2.32. The number of nitrogens with zero attached hydrogens (tertiary/aromatic N) is 2. The lowest BCUT2D eigenvalue weighted by molar-refractivity contribution is 0.384. The summed E-state index contributed by atoms with van der Waals surface area (Å²) in [4.78, 5) is 7.24. The molecule has 1 aromatic rings. The van der Waals surface area contributed by atoms with Crippen molar-refractivity contribution in [3.8, 4) is 0 Å². The van der Waals surface area contributed by atoms with Crippen molar-refractivity contribution in [2.45, 2.75) is 41.0 Å². The minimum atomic E-state index is 0.0705. The molecule has 0 atom stereocenters. The maximum atomic E-state index is 4.86. The highest BCUT2D eigenvalue weighted by molar-refractivity contribution is 5.89. The average Bonchev–Trinajstić information content (AvgIpc) is 2.33. The summed E-state index contributed by atoms with van der Waals surface area (Å²) in [5, 5.41) is 0. The molecule has 0 N–H and O–H groups in total. The van der Waals surface area contributed by atoms with Crippen LogP contribution in [0.2, 0.25) is 0 Å². The Labute approximate surface area is 112 Å². The number of amidine groups is 1. The molecule has 1 rings (SSSR count). The van der Waals surface area contributed by atoms with Gasteiger partial charge in [-0.3, -0.25) is 0 Å². The number of hydrogen-bond acceptors (Lipinski definition) is 1. The van der Waals surface area contributed by atoms with Gasteiger partial charge in [0.05, 0.1) is 5.69 Å². The molecule has 0 amide bonds. The van der Waals surface area contributed by atoms with Crippen molar-refractivity contribution in [1.82, 2.24) is 4.90 Å². The predicted octanol–water partition coefficient (Wildman–Crippen LogP) is 4.49. The highest BCUT2D eigenvalue weighted by Crippen LogP contribution is 2.23. The minimum Gasteiger partial charge on any atom is -0.360 e. The number of aliphatic imine (C=N–C) groups is 1. The van der Waals surface area contributed by atoms with E-state index in [1.54, 1.807) is 0 Å². The maximum absolute atomic E-state index is 4.86. The number of hydrogen-bond donors (Lipinski definition) is 0. The summed E-state index contributed by atoms with van der Waals surface area (Å²) in [5.74, 6) is 1.18. The second-order valence-corrected chi connectivity index (χ2v) is 5.60. The molecule has 0 aliphatic rings. The van der Waals surface area contributed by atoms with Gasteiger partial charge in [0, 0.05) is 18.5 Å². The van der Waals surface area contributed by atoms with Gasteiger partial charge in [-0.25, -0.2) is 4.99 Å². The van der Waals surface area contributed by atoms with Crippen LogP contribution in [0.5, 0.6) is 0 Å². The van der Waals surface area contributed by atoms with E-state index in [9.17, 15) is 0 Å². The zero-order valence-corrected chi connectivity index (χ0v) is 12.4. The van der Waals surface area contributed by atoms with E-state index < -0.39 is 0 Å². The topological polar surface area (TPSA) is 15.6 Å². The third kappa shape index (κ3) is 4.17. The molecule has 0 fully saturated rings. The molecule has 0 saturated heterocycles. The molecule has 0 unspecified atom stereocenters. The van der Waals surface area contributed by atoms with E-state index >= 15 is 0 Å². The van der Waals surface area contributed by atoms with E-state index in [1.165, 1.54) is 5.84 Å². The molecule has 100 valence electrons. The molecule has 0 aromatic heterocycles. The van der Waals surface area contributed by atoms with Crippen molar-refractivity contribution in [2.75, 3.05) is 13.1 Å². The van der Waals surface area contributed by atoms with Crippen molar-refractivity contribution >= 4 is 11.5 Å². The van der Waals surface area contributed by atoms with E-state index in [1.807, 2.05) is 18.2 Å². The Kier molecular flexibility index (Phi) is 5.39. The minimum absolute atomic E-state index is 0.0705. The highest BCUT2D eigenvalue weighted by atomic mass is 15.2. The van der Waals surface area contributed by atoms with Crippen molar-refractivity contribution in [2.24, 2.45) is 10.4 Å². The van der Waals surface area contributed by atoms with Crippen LogP contribution in [0.3, 0.4) is 0 Å². The summed E-state index contributed by atoms with van der Waals surface area (Å²) in [6, 6.07) is 10.2. The average molecular weight is 246 g/mol. The summed E-state index contributed by atoms with van der Waals surface area (Å²) in [6.07, 6.45) is 1.15. The van der Waals surface area contributed by atoms with Crippen LogP contribution in [0.25, 0.3) is 0 Å². The van der Waals surface area contributed by atoms with Gasteiger partial charge in [0.15, 0.2) is 0 Å². The first-order chi connectivity index (χ1) is 8.49. The molecule has 0 saturated carbocycles. The van der Waals surface area contributed by atoms with Crippen LogP contribution >= 0.6 is 0 Å². The number of rotatable bonds is 4. The van der Waals surface area contributed by atoms with E-state index in [2.05, 4.69) is 51.7 Å². The Morgan fingerprint density at radius 1 is 1.11 bits per heavy atom. The number of para-hydroxylation sites is 1. The molecule has 2 nitrogen and oxygen atoms in total. The molecule has 18 heavy (non-hydrogen) atoms. The molecule has 0 spiro atoms. The zero-order chi connectivity index (χ0) is 13.6. The highest BCUT2D eigenvalue weighted by Gasteiger charge is 2.23. The zero-order valence-electron chi connectivity index (χ0n) is 12.4. The van der Waals surface area contributed by atoms with Crippen LogP contribution in [0.4, 0.5) is 5.69 Å². The van der Waals surface area contributed by atoms with Crippen LogP contribution < -0.4 is 0 Å². The van der Waals surface area contributed by atoms with E-state index in [4.69, 9.17) is 4.99 Å². The van der Waals surface area contributed by atoms with Gasteiger partial charge in [-0.1, -0.05) is 45.9 Å². The Morgan fingerprint density at radius 3 is 2.17 bits per heavy atom. The van der Waals surface area contributed by atoms with Gasteiger partial charge in [0.2, 0.25) is 0 Å². The summed E-state index contributed by atoms with van der Waals surface area (Å²) in [6.45, 7) is 13.2. The van der Waals surface area contributed by atoms with Gasteiger partial charge in [-0.2, -0.15) is 0 Å². The molecular weight excluding hydrogens is 220 g/mol. The lowest BCUT2D eigenvalue weighted by atomic mass is 9.93. The molecule has 0 bridgehead atoms. The molecule has 0 aliphatic heterocycles. The fourth-order valence-corrected chi connectivity index (χ4v) is 2.02. The second kappa shape index (κ2) is 6.58. The van der Waals surface area contributed by atoms with Crippen LogP contribution in [0.15, 0.2) is 35.3 Å². The molecule has 1 aromatic carbocycles. The monoisotopic (exact) mass is 246 g/mol. The summed E-state index contributed by atoms with van der Waals surface area (Å²) in [7, 11) is 0. The molecule has 0 heterocycles. The third-order valence-electron chi connectivity index (χ3n) is 2.84.